The molecule has 0 aliphatic rings. The van der Waals surface area contributed by atoms with E-state index in [2.05, 4.69) is 10.0 Å². The Bertz CT molecular complexity index is 431. The van der Waals surface area contributed by atoms with Crippen LogP contribution < -0.4 is 10.0 Å². The van der Waals surface area contributed by atoms with E-state index >= 15 is 0 Å². The predicted octanol–water partition coefficient (Wildman–Crippen LogP) is 0.855. The molecule has 0 aliphatic heterocycles. The SMILES string of the molecule is CCNCCNS(=O)(=O)Cc1ccc(F)cc1. The van der Waals surface area contributed by atoms with Gasteiger partial charge in [0.25, 0.3) is 0 Å². The van der Waals surface area contributed by atoms with Gasteiger partial charge in [-0.2, -0.15) is 0 Å². The molecule has 0 amide bonds. The number of rotatable bonds is 7. The summed E-state index contributed by atoms with van der Waals surface area (Å²) in [6, 6.07) is 5.45. The third kappa shape index (κ3) is 5.76. The van der Waals surface area contributed by atoms with Gasteiger partial charge in [-0.15, -0.1) is 0 Å². The number of sulfonamides is 1. The first-order valence-electron chi connectivity index (χ1n) is 5.46. The molecular weight excluding hydrogens is 243 g/mol. The molecule has 0 spiro atoms. The first-order valence-corrected chi connectivity index (χ1v) is 7.11. The Morgan fingerprint density at radius 2 is 1.82 bits per heavy atom. The monoisotopic (exact) mass is 260 g/mol. The molecule has 0 saturated heterocycles. The van der Waals surface area contributed by atoms with Crippen LogP contribution in [0.4, 0.5) is 4.39 Å². The smallest absolute Gasteiger partial charge is 0.215 e. The first kappa shape index (κ1) is 14.1. The summed E-state index contributed by atoms with van der Waals surface area (Å²) in [5, 5.41) is 3.02. The summed E-state index contributed by atoms with van der Waals surface area (Å²) >= 11 is 0. The second kappa shape index (κ2) is 6.68. The maximum Gasteiger partial charge on any atom is 0.215 e. The summed E-state index contributed by atoms with van der Waals surface area (Å²) in [5.41, 5.74) is 0.572. The molecular formula is C11H17FN2O2S. The maximum absolute atomic E-state index is 12.6. The van der Waals surface area contributed by atoms with Crippen molar-refractivity contribution in [3.63, 3.8) is 0 Å². The van der Waals surface area contributed by atoms with Crippen molar-refractivity contribution in [3.05, 3.63) is 35.6 Å². The second-order valence-electron chi connectivity index (χ2n) is 3.63. The Morgan fingerprint density at radius 3 is 2.41 bits per heavy atom. The highest BCUT2D eigenvalue weighted by molar-refractivity contribution is 7.88. The molecule has 0 radical (unpaired) electrons. The fraction of sp³-hybridized carbons (Fsp3) is 0.455. The summed E-state index contributed by atoms with van der Waals surface area (Å²) in [6.07, 6.45) is 0. The molecule has 96 valence electrons. The molecule has 0 fully saturated rings. The molecule has 1 rings (SSSR count). The van der Waals surface area contributed by atoms with Crippen molar-refractivity contribution in [1.82, 2.24) is 10.0 Å². The van der Waals surface area contributed by atoms with Gasteiger partial charge < -0.3 is 5.32 Å². The van der Waals surface area contributed by atoms with Crippen LogP contribution in [0.15, 0.2) is 24.3 Å². The Balaban J connectivity index is 2.46. The van der Waals surface area contributed by atoms with Crippen molar-refractivity contribution in [2.45, 2.75) is 12.7 Å². The Labute approximate surface area is 101 Å². The van der Waals surface area contributed by atoms with Crippen LogP contribution in [0, 0.1) is 5.82 Å². The summed E-state index contributed by atoms with van der Waals surface area (Å²) in [7, 11) is -3.34. The number of nitrogens with one attached hydrogen (secondary N) is 2. The fourth-order valence-corrected chi connectivity index (χ4v) is 2.47. The molecule has 0 heterocycles. The van der Waals surface area contributed by atoms with Gasteiger partial charge in [-0.25, -0.2) is 17.5 Å². The van der Waals surface area contributed by atoms with Crippen molar-refractivity contribution in [2.24, 2.45) is 0 Å². The van der Waals surface area contributed by atoms with E-state index in [9.17, 15) is 12.8 Å². The van der Waals surface area contributed by atoms with Gasteiger partial charge in [0.05, 0.1) is 5.75 Å². The van der Waals surface area contributed by atoms with Gasteiger partial charge in [0.15, 0.2) is 0 Å². The molecule has 0 unspecified atom stereocenters. The predicted molar refractivity (Wildman–Crippen MR) is 65.6 cm³/mol. The van der Waals surface area contributed by atoms with E-state index in [0.717, 1.165) is 6.54 Å². The molecule has 0 saturated carbocycles. The van der Waals surface area contributed by atoms with Gasteiger partial charge >= 0.3 is 0 Å². The molecule has 0 aromatic heterocycles. The van der Waals surface area contributed by atoms with E-state index in [4.69, 9.17) is 0 Å². The van der Waals surface area contributed by atoms with Crippen molar-refractivity contribution in [2.75, 3.05) is 19.6 Å². The van der Waals surface area contributed by atoms with Crippen LogP contribution >= 0.6 is 0 Å². The first-order chi connectivity index (χ1) is 8.03. The summed E-state index contributed by atoms with van der Waals surface area (Å²) < 4.78 is 38.3. The molecule has 17 heavy (non-hydrogen) atoms. The van der Waals surface area contributed by atoms with Gasteiger partial charge in [0.1, 0.15) is 5.82 Å². The van der Waals surface area contributed by atoms with Crippen LogP contribution in [0.3, 0.4) is 0 Å². The molecule has 0 atom stereocenters. The Kier molecular flexibility index (Phi) is 5.54. The minimum Gasteiger partial charge on any atom is -0.316 e. The molecule has 4 nitrogen and oxygen atoms in total. The third-order valence-corrected chi connectivity index (χ3v) is 3.50. The number of likely N-dealkylation sites (N-methyl/N-ethyl adjacent to an activating group) is 1. The van der Waals surface area contributed by atoms with Crippen LogP contribution in [0.2, 0.25) is 0 Å². The van der Waals surface area contributed by atoms with E-state index in [-0.39, 0.29) is 11.6 Å². The van der Waals surface area contributed by atoms with Crippen LogP contribution in [0.25, 0.3) is 0 Å². The van der Waals surface area contributed by atoms with Gasteiger partial charge in [-0.3, -0.25) is 0 Å². The largest absolute Gasteiger partial charge is 0.316 e. The second-order valence-corrected chi connectivity index (χ2v) is 5.44. The Hall–Kier alpha value is -0.980. The zero-order chi connectivity index (χ0) is 12.7. The topological polar surface area (TPSA) is 58.2 Å². The van der Waals surface area contributed by atoms with Crippen molar-refractivity contribution in [1.29, 1.82) is 0 Å². The lowest BCUT2D eigenvalue weighted by atomic mass is 10.2. The van der Waals surface area contributed by atoms with Crippen molar-refractivity contribution < 1.29 is 12.8 Å². The van der Waals surface area contributed by atoms with Gasteiger partial charge in [0.2, 0.25) is 10.0 Å². The van der Waals surface area contributed by atoms with Crippen LogP contribution in [0.5, 0.6) is 0 Å². The van der Waals surface area contributed by atoms with Crippen LogP contribution in [-0.2, 0) is 15.8 Å². The van der Waals surface area contributed by atoms with E-state index in [1.807, 2.05) is 6.92 Å². The standard InChI is InChI=1S/C11H17FN2O2S/c1-2-13-7-8-14-17(15,16)9-10-3-5-11(12)6-4-10/h3-6,13-14H,2,7-9H2,1H3. The average molecular weight is 260 g/mol. The van der Waals surface area contributed by atoms with E-state index < -0.39 is 10.0 Å². The van der Waals surface area contributed by atoms with E-state index in [1.165, 1.54) is 24.3 Å². The molecule has 0 bridgehead atoms. The van der Waals surface area contributed by atoms with Crippen molar-refractivity contribution in [3.8, 4) is 0 Å². The zero-order valence-corrected chi connectivity index (χ0v) is 10.6. The zero-order valence-electron chi connectivity index (χ0n) is 9.74. The third-order valence-electron chi connectivity index (χ3n) is 2.14. The van der Waals surface area contributed by atoms with E-state index in [0.29, 0.717) is 18.7 Å². The number of halogens is 1. The molecule has 1 aromatic carbocycles. The molecule has 1 aromatic rings. The number of benzene rings is 1. The van der Waals surface area contributed by atoms with Crippen LogP contribution in [-0.4, -0.2) is 28.1 Å². The minimum atomic E-state index is -3.34. The average Bonchev–Trinajstić information content (AvgIpc) is 2.27. The summed E-state index contributed by atoms with van der Waals surface area (Å²) in [4.78, 5) is 0. The lowest BCUT2D eigenvalue weighted by Gasteiger charge is -2.07. The Morgan fingerprint density at radius 1 is 1.18 bits per heavy atom. The molecule has 0 aliphatic carbocycles. The van der Waals surface area contributed by atoms with Gasteiger partial charge in [-0.1, -0.05) is 19.1 Å². The highest BCUT2D eigenvalue weighted by atomic mass is 32.2. The molecule has 6 heteroatoms. The number of hydrogen-bond donors (Lipinski definition) is 2. The van der Waals surface area contributed by atoms with Crippen LogP contribution in [0.1, 0.15) is 12.5 Å². The quantitative estimate of drug-likeness (QED) is 0.715. The fourth-order valence-electron chi connectivity index (χ4n) is 1.32. The summed E-state index contributed by atoms with van der Waals surface area (Å²) in [6.45, 7) is 3.71. The van der Waals surface area contributed by atoms with Gasteiger partial charge in [-0.05, 0) is 24.2 Å². The minimum absolute atomic E-state index is 0.126. The van der Waals surface area contributed by atoms with Gasteiger partial charge in [0, 0.05) is 13.1 Å². The number of hydrogen-bond acceptors (Lipinski definition) is 3. The van der Waals surface area contributed by atoms with E-state index in [1.54, 1.807) is 0 Å². The lowest BCUT2D eigenvalue weighted by molar-refractivity contribution is 0.576. The normalized spacial score (nSPS) is 11.6. The highest BCUT2D eigenvalue weighted by Crippen LogP contribution is 2.06. The highest BCUT2D eigenvalue weighted by Gasteiger charge is 2.10. The lowest BCUT2D eigenvalue weighted by Crippen LogP contribution is -2.32. The summed E-state index contributed by atoms with van der Waals surface area (Å²) in [5.74, 6) is -0.495. The van der Waals surface area contributed by atoms with Crippen molar-refractivity contribution >= 4 is 10.0 Å². The molecule has 2 N–H and O–H groups in total. The maximum atomic E-state index is 12.6.